The number of carbonyl (C=O) groups is 1. The Morgan fingerprint density at radius 2 is 2.67 bits per heavy atom. The van der Waals surface area contributed by atoms with Crippen LogP contribution < -0.4 is 10.6 Å². The molecule has 2 heterocycles. The van der Waals surface area contributed by atoms with E-state index in [1.807, 2.05) is 5.38 Å². The number of ketones is 1. The third kappa shape index (κ3) is 3.09. The highest BCUT2D eigenvalue weighted by molar-refractivity contribution is 7.11. The maximum Gasteiger partial charge on any atom is 0.205 e. The number of carbonyl (C=O) groups excluding carboxylic acids is 1. The molecule has 1 fully saturated rings. The fourth-order valence-corrected chi connectivity index (χ4v) is 2.28. The SMILES string of the molecule is O=C(CNC1CCCNC1)c1nccs1. The lowest BCUT2D eigenvalue weighted by atomic mass is 10.1. The van der Waals surface area contributed by atoms with Crippen LogP contribution in [-0.2, 0) is 0 Å². The molecule has 5 heteroatoms. The van der Waals surface area contributed by atoms with Gasteiger partial charge >= 0.3 is 0 Å². The number of hydrogen-bond acceptors (Lipinski definition) is 5. The lowest BCUT2D eigenvalue weighted by Gasteiger charge is -2.23. The smallest absolute Gasteiger partial charge is 0.205 e. The van der Waals surface area contributed by atoms with E-state index in [0.29, 0.717) is 17.6 Å². The van der Waals surface area contributed by atoms with E-state index in [0.717, 1.165) is 19.5 Å². The number of aromatic nitrogens is 1. The third-order valence-electron chi connectivity index (χ3n) is 2.52. The van der Waals surface area contributed by atoms with E-state index in [1.54, 1.807) is 6.20 Å². The summed E-state index contributed by atoms with van der Waals surface area (Å²) in [4.78, 5) is 15.6. The minimum atomic E-state index is 0.0931. The number of piperidine rings is 1. The Kier molecular flexibility index (Phi) is 3.82. The van der Waals surface area contributed by atoms with Crippen LogP contribution in [0.4, 0.5) is 0 Å². The molecule has 0 bridgehead atoms. The van der Waals surface area contributed by atoms with Crippen LogP contribution in [0.3, 0.4) is 0 Å². The fourth-order valence-electron chi connectivity index (χ4n) is 1.70. The van der Waals surface area contributed by atoms with Crippen molar-refractivity contribution in [3.63, 3.8) is 0 Å². The Balaban J connectivity index is 1.75. The summed E-state index contributed by atoms with van der Waals surface area (Å²) in [6, 6.07) is 0.433. The van der Waals surface area contributed by atoms with Crippen molar-refractivity contribution in [2.75, 3.05) is 19.6 Å². The molecule has 0 saturated carbocycles. The van der Waals surface area contributed by atoms with Gasteiger partial charge in [-0.05, 0) is 19.4 Å². The second-order valence-electron chi connectivity index (χ2n) is 3.68. The first kappa shape index (κ1) is 10.7. The van der Waals surface area contributed by atoms with Crippen molar-refractivity contribution in [3.05, 3.63) is 16.6 Å². The maximum absolute atomic E-state index is 11.6. The van der Waals surface area contributed by atoms with Crippen LogP contribution in [0.25, 0.3) is 0 Å². The van der Waals surface area contributed by atoms with Crippen molar-refractivity contribution < 1.29 is 4.79 Å². The second-order valence-corrected chi connectivity index (χ2v) is 4.58. The third-order valence-corrected chi connectivity index (χ3v) is 3.33. The van der Waals surface area contributed by atoms with Gasteiger partial charge in [0.05, 0.1) is 6.54 Å². The quantitative estimate of drug-likeness (QED) is 0.739. The first-order valence-corrected chi connectivity index (χ1v) is 6.11. The molecule has 1 aliphatic rings. The molecule has 1 aromatic heterocycles. The Hall–Kier alpha value is -0.780. The molecule has 1 aromatic rings. The zero-order chi connectivity index (χ0) is 10.5. The van der Waals surface area contributed by atoms with Crippen LogP contribution in [0.15, 0.2) is 11.6 Å². The molecule has 1 atom stereocenters. The molecule has 1 unspecified atom stereocenters. The summed E-state index contributed by atoms with van der Waals surface area (Å²) in [6.07, 6.45) is 4.00. The number of Topliss-reactive ketones (excluding diaryl/α,β-unsaturated/α-hetero) is 1. The molecule has 2 N–H and O–H groups in total. The summed E-state index contributed by atoms with van der Waals surface area (Å²) in [6.45, 7) is 2.46. The van der Waals surface area contributed by atoms with Gasteiger partial charge in [0.1, 0.15) is 0 Å². The maximum atomic E-state index is 11.6. The Labute approximate surface area is 93.1 Å². The van der Waals surface area contributed by atoms with Gasteiger partial charge in [-0.3, -0.25) is 4.79 Å². The van der Waals surface area contributed by atoms with Crippen molar-refractivity contribution in [1.82, 2.24) is 15.6 Å². The lowest BCUT2D eigenvalue weighted by Crippen LogP contribution is -2.44. The minimum Gasteiger partial charge on any atom is -0.315 e. The van der Waals surface area contributed by atoms with E-state index in [2.05, 4.69) is 15.6 Å². The van der Waals surface area contributed by atoms with Gasteiger partial charge in [-0.15, -0.1) is 11.3 Å². The average Bonchev–Trinajstić information content (AvgIpc) is 2.81. The predicted octanol–water partition coefficient (Wildman–Crippen LogP) is 0.667. The van der Waals surface area contributed by atoms with Crippen LogP contribution in [0.5, 0.6) is 0 Å². The first-order chi connectivity index (χ1) is 7.36. The van der Waals surface area contributed by atoms with Gasteiger partial charge in [-0.1, -0.05) is 0 Å². The van der Waals surface area contributed by atoms with Crippen LogP contribution in [0, 0.1) is 0 Å². The molecule has 1 aliphatic heterocycles. The van der Waals surface area contributed by atoms with E-state index >= 15 is 0 Å². The zero-order valence-electron chi connectivity index (χ0n) is 8.53. The van der Waals surface area contributed by atoms with Crippen molar-refractivity contribution >= 4 is 17.1 Å². The molecule has 1 saturated heterocycles. The Bertz CT molecular complexity index is 306. The monoisotopic (exact) mass is 225 g/mol. The average molecular weight is 225 g/mol. The van der Waals surface area contributed by atoms with E-state index < -0.39 is 0 Å². The Morgan fingerprint density at radius 1 is 1.73 bits per heavy atom. The van der Waals surface area contributed by atoms with Crippen LogP contribution in [0.1, 0.15) is 22.6 Å². The number of rotatable bonds is 4. The first-order valence-electron chi connectivity index (χ1n) is 5.23. The fraction of sp³-hybridized carbons (Fsp3) is 0.600. The molecule has 15 heavy (non-hydrogen) atoms. The molecule has 0 radical (unpaired) electrons. The number of nitrogens with one attached hydrogen (secondary N) is 2. The molecule has 0 aromatic carbocycles. The van der Waals surface area contributed by atoms with E-state index in [-0.39, 0.29) is 5.78 Å². The lowest BCUT2D eigenvalue weighted by molar-refractivity contribution is 0.0985. The van der Waals surface area contributed by atoms with Crippen LogP contribution >= 0.6 is 11.3 Å². The standard InChI is InChI=1S/C10H15N3OS/c14-9(10-12-4-5-15-10)7-13-8-2-1-3-11-6-8/h4-5,8,11,13H,1-3,6-7H2. The van der Waals surface area contributed by atoms with Gasteiger partial charge in [0.15, 0.2) is 5.01 Å². The number of nitrogens with zero attached hydrogens (tertiary/aromatic N) is 1. The topological polar surface area (TPSA) is 54.0 Å². The highest BCUT2D eigenvalue weighted by Crippen LogP contribution is 2.05. The minimum absolute atomic E-state index is 0.0931. The molecule has 0 spiro atoms. The highest BCUT2D eigenvalue weighted by atomic mass is 32.1. The van der Waals surface area contributed by atoms with Crippen molar-refractivity contribution in [2.45, 2.75) is 18.9 Å². The molecule has 4 nitrogen and oxygen atoms in total. The summed E-state index contributed by atoms with van der Waals surface area (Å²) in [5.74, 6) is 0.0931. The second kappa shape index (κ2) is 5.34. The van der Waals surface area contributed by atoms with Crippen molar-refractivity contribution in [2.24, 2.45) is 0 Å². The zero-order valence-corrected chi connectivity index (χ0v) is 9.35. The van der Waals surface area contributed by atoms with Gasteiger partial charge in [-0.25, -0.2) is 4.98 Å². The van der Waals surface area contributed by atoms with Crippen molar-refractivity contribution in [3.8, 4) is 0 Å². The molecular weight excluding hydrogens is 210 g/mol. The van der Waals surface area contributed by atoms with E-state index in [4.69, 9.17) is 0 Å². The highest BCUT2D eigenvalue weighted by Gasteiger charge is 2.14. The molecular formula is C10H15N3OS. The van der Waals surface area contributed by atoms with E-state index in [1.165, 1.54) is 17.8 Å². The number of hydrogen-bond donors (Lipinski definition) is 2. The van der Waals surface area contributed by atoms with Crippen LogP contribution in [-0.4, -0.2) is 36.4 Å². The summed E-state index contributed by atoms with van der Waals surface area (Å²) in [5, 5.41) is 9.00. The summed E-state index contributed by atoms with van der Waals surface area (Å²) >= 11 is 1.40. The summed E-state index contributed by atoms with van der Waals surface area (Å²) < 4.78 is 0. The Morgan fingerprint density at radius 3 is 3.33 bits per heavy atom. The van der Waals surface area contributed by atoms with Gasteiger partial charge in [-0.2, -0.15) is 0 Å². The van der Waals surface area contributed by atoms with Gasteiger partial charge in [0, 0.05) is 24.2 Å². The number of thiazole rings is 1. The summed E-state index contributed by atoms with van der Waals surface area (Å²) in [7, 11) is 0. The molecule has 2 rings (SSSR count). The van der Waals surface area contributed by atoms with Crippen molar-refractivity contribution in [1.29, 1.82) is 0 Å². The summed E-state index contributed by atoms with van der Waals surface area (Å²) in [5.41, 5.74) is 0. The van der Waals surface area contributed by atoms with Gasteiger partial charge in [0.2, 0.25) is 5.78 Å². The molecule has 0 aliphatic carbocycles. The predicted molar refractivity (Wildman–Crippen MR) is 60.3 cm³/mol. The molecule has 0 amide bonds. The van der Waals surface area contributed by atoms with Gasteiger partial charge in [0.25, 0.3) is 0 Å². The van der Waals surface area contributed by atoms with Crippen LogP contribution in [0.2, 0.25) is 0 Å². The van der Waals surface area contributed by atoms with E-state index in [9.17, 15) is 4.79 Å². The normalized spacial score (nSPS) is 21.5. The largest absolute Gasteiger partial charge is 0.315 e. The molecule has 82 valence electrons. The van der Waals surface area contributed by atoms with Gasteiger partial charge < -0.3 is 10.6 Å².